The van der Waals surface area contributed by atoms with Crippen molar-refractivity contribution in [3.05, 3.63) is 97.2 Å². The molecule has 0 heterocycles. The molecule has 0 aliphatic heterocycles. The van der Waals surface area contributed by atoms with Crippen LogP contribution in [0, 0.1) is 0 Å². The number of hydrogen-bond donors (Lipinski definition) is 6. The molecule has 0 bridgehead atoms. The Hall–Kier alpha value is -3.23. The van der Waals surface area contributed by atoms with Gasteiger partial charge in [0.1, 0.15) is 43.2 Å². The average Bonchev–Trinajstić information content (AvgIpc) is 3.31. The lowest BCUT2D eigenvalue weighted by molar-refractivity contribution is -0.220. The molecule has 1 saturated carbocycles. The lowest BCUT2D eigenvalue weighted by Crippen LogP contribution is -2.64. The van der Waals surface area contributed by atoms with E-state index < -0.39 is 75.7 Å². The second kappa shape index (κ2) is 41.7. The maximum absolute atomic E-state index is 12.8. The van der Waals surface area contributed by atoms with Gasteiger partial charge < -0.3 is 39.9 Å². The third kappa shape index (κ3) is 33.8. The Morgan fingerprint density at radius 1 is 0.478 bits per heavy atom. The van der Waals surface area contributed by atoms with Gasteiger partial charge in [0, 0.05) is 12.8 Å². The maximum atomic E-state index is 12.8. The van der Waals surface area contributed by atoms with E-state index in [1.165, 1.54) is 51.4 Å². The molecule has 0 aromatic heterocycles. The van der Waals surface area contributed by atoms with Crippen molar-refractivity contribution in [3.63, 3.8) is 0 Å². The molecule has 1 aliphatic rings. The molecule has 382 valence electrons. The van der Waals surface area contributed by atoms with E-state index in [0.29, 0.717) is 19.3 Å². The van der Waals surface area contributed by atoms with E-state index in [1.54, 1.807) is 0 Å². The van der Waals surface area contributed by atoms with Gasteiger partial charge in [0.25, 0.3) is 0 Å². The van der Waals surface area contributed by atoms with E-state index in [2.05, 4.69) is 92.8 Å². The molecule has 1 aliphatic carbocycles. The van der Waals surface area contributed by atoms with Crippen LogP contribution in [0.25, 0.3) is 0 Å². The number of phosphoric acid groups is 1. The topological polar surface area (TPSA) is 210 Å². The number of aliphatic hydroxyl groups excluding tert-OH is 5. The number of carbonyl (C=O) groups is 2. The SMILES string of the molecule is CC/C=C/C/C=C/C/C=C/C/C=C/C/C=C/C/C=C/CCC(=O)OC[C@@H](COP(=O)(O)OC1C(O)C(O)C(O)[C@H](O)C1O)OC(=O)CCCCCCCCCCC/C=C/C/C=C/CCCCC. The van der Waals surface area contributed by atoms with Crippen LogP contribution in [0.15, 0.2) is 97.2 Å². The highest BCUT2D eigenvalue weighted by Crippen LogP contribution is 2.47. The normalized spacial score (nSPS) is 22.0. The Bertz CT molecular complexity index is 1530. The standard InChI is InChI=1S/C53H87O13P/c1-3-5-7-9-11-13-15-17-19-21-23-25-27-29-31-33-35-37-39-41-46(54)63-43-45(44-64-67(61,62)66-53-51(59)49(57)48(56)50(58)52(53)60)65-47(55)42-40-38-36-34-32-30-28-26-24-22-20-18-16-14-12-10-8-6-4-2/h5,7,11-14,17-20,23,25,29,31,35,37,45,48-53,56-60H,3-4,6,8-10,15-16,21-22,24,26-28,30,32-34,36,38-44H2,1-2H3,(H,61,62)/b7-5+,13-11+,14-12+,19-17+,20-18+,25-23+,31-29+,37-35+/t45-,48?,49-,50?,51?,52?,53?/m0/s1. The summed E-state index contributed by atoms with van der Waals surface area (Å²) in [5, 5.41) is 50.2. The quantitative estimate of drug-likeness (QED) is 0.0146. The number of carbonyl (C=O) groups excluding carboxylic acids is 2. The van der Waals surface area contributed by atoms with E-state index in [9.17, 15) is 44.6 Å². The van der Waals surface area contributed by atoms with Crippen molar-refractivity contribution in [2.45, 2.75) is 211 Å². The minimum atomic E-state index is -5.15. The Balaban J connectivity index is 2.48. The van der Waals surface area contributed by atoms with Crippen molar-refractivity contribution in [1.82, 2.24) is 0 Å². The number of hydrogen-bond acceptors (Lipinski definition) is 12. The van der Waals surface area contributed by atoms with Gasteiger partial charge in [-0.15, -0.1) is 0 Å². The predicted octanol–water partition coefficient (Wildman–Crippen LogP) is 10.6. The van der Waals surface area contributed by atoms with Crippen LogP contribution in [-0.4, -0.2) is 98.3 Å². The Morgan fingerprint density at radius 3 is 1.36 bits per heavy atom. The lowest BCUT2D eigenvalue weighted by Gasteiger charge is -2.41. The summed E-state index contributed by atoms with van der Waals surface area (Å²) in [6, 6.07) is 0. The summed E-state index contributed by atoms with van der Waals surface area (Å²) in [7, 11) is -5.15. The molecular formula is C53H87O13P. The summed E-state index contributed by atoms with van der Waals surface area (Å²) in [5.41, 5.74) is 0. The highest BCUT2D eigenvalue weighted by atomic mass is 31.2. The van der Waals surface area contributed by atoms with Crippen LogP contribution >= 0.6 is 7.82 Å². The fourth-order valence-corrected chi connectivity index (χ4v) is 7.90. The molecular weight excluding hydrogens is 876 g/mol. The average molecular weight is 963 g/mol. The van der Waals surface area contributed by atoms with Gasteiger partial charge in [-0.05, 0) is 83.5 Å². The van der Waals surface area contributed by atoms with Crippen LogP contribution in [0.3, 0.4) is 0 Å². The molecule has 1 fully saturated rings. The van der Waals surface area contributed by atoms with E-state index in [-0.39, 0.29) is 12.8 Å². The number of allylic oxidation sites excluding steroid dienone is 16. The zero-order chi connectivity index (χ0) is 49.2. The molecule has 67 heavy (non-hydrogen) atoms. The van der Waals surface area contributed by atoms with Crippen LogP contribution < -0.4 is 0 Å². The number of esters is 2. The number of phosphoric ester groups is 1. The first-order valence-corrected chi connectivity index (χ1v) is 26.5. The van der Waals surface area contributed by atoms with E-state index in [1.807, 2.05) is 18.2 Å². The van der Waals surface area contributed by atoms with Crippen molar-refractivity contribution < 1.29 is 63.1 Å². The third-order valence-corrected chi connectivity index (χ3v) is 11.9. The molecule has 14 heteroatoms. The van der Waals surface area contributed by atoms with Crippen molar-refractivity contribution >= 4 is 19.8 Å². The Morgan fingerprint density at radius 2 is 0.881 bits per heavy atom. The summed E-state index contributed by atoms with van der Waals surface area (Å²) in [6.45, 7) is 3.10. The predicted molar refractivity (Wildman–Crippen MR) is 267 cm³/mol. The first-order valence-electron chi connectivity index (χ1n) is 25.0. The zero-order valence-electron chi connectivity index (χ0n) is 40.7. The molecule has 0 spiro atoms. The molecule has 13 nitrogen and oxygen atoms in total. The molecule has 0 saturated heterocycles. The Kier molecular flexibility index (Phi) is 38.5. The molecule has 6 unspecified atom stereocenters. The largest absolute Gasteiger partial charge is 0.472 e. The number of aliphatic hydroxyl groups is 5. The van der Waals surface area contributed by atoms with Gasteiger partial charge in [-0.2, -0.15) is 0 Å². The van der Waals surface area contributed by atoms with Crippen LogP contribution in [-0.2, 0) is 32.7 Å². The molecule has 0 aromatic carbocycles. The van der Waals surface area contributed by atoms with Gasteiger partial charge in [0.05, 0.1) is 6.61 Å². The monoisotopic (exact) mass is 963 g/mol. The summed E-state index contributed by atoms with van der Waals surface area (Å²) < 4.78 is 33.5. The van der Waals surface area contributed by atoms with Crippen molar-refractivity contribution in [1.29, 1.82) is 0 Å². The highest BCUT2D eigenvalue weighted by Gasteiger charge is 2.51. The molecule has 6 N–H and O–H groups in total. The van der Waals surface area contributed by atoms with Crippen LogP contribution in [0.1, 0.15) is 168 Å². The van der Waals surface area contributed by atoms with Crippen LogP contribution in [0.4, 0.5) is 0 Å². The molecule has 8 atom stereocenters. The zero-order valence-corrected chi connectivity index (χ0v) is 41.5. The Labute approximate surface area is 402 Å². The smallest absolute Gasteiger partial charge is 0.462 e. The van der Waals surface area contributed by atoms with Gasteiger partial charge in [-0.1, -0.05) is 169 Å². The highest BCUT2D eigenvalue weighted by molar-refractivity contribution is 7.47. The van der Waals surface area contributed by atoms with Crippen LogP contribution in [0.5, 0.6) is 0 Å². The van der Waals surface area contributed by atoms with Crippen LogP contribution in [0.2, 0.25) is 0 Å². The van der Waals surface area contributed by atoms with E-state index >= 15 is 0 Å². The fourth-order valence-electron chi connectivity index (χ4n) is 6.93. The summed E-state index contributed by atoms with van der Waals surface area (Å²) in [4.78, 5) is 35.8. The summed E-state index contributed by atoms with van der Waals surface area (Å²) in [5.74, 6) is -1.21. The number of rotatable bonds is 40. The van der Waals surface area contributed by atoms with Gasteiger partial charge >= 0.3 is 19.8 Å². The lowest BCUT2D eigenvalue weighted by atomic mass is 9.85. The summed E-state index contributed by atoms with van der Waals surface area (Å²) in [6.07, 6.45) is 43.2. The fraction of sp³-hybridized carbons (Fsp3) is 0.660. The van der Waals surface area contributed by atoms with Gasteiger partial charge in [0.2, 0.25) is 0 Å². The van der Waals surface area contributed by atoms with Crippen molar-refractivity contribution in [2.75, 3.05) is 13.2 Å². The van der Waals surface area contributed by atoms with Crippen molar-refractivity contribution in [3.8, 4) is 0 Å². The minimum Gasteiger partial charge on any atom is -0.462 e. The molecule has 1 rings (SSSR count). The van der Waals surface area contributed by atoms with Gasteiger partial charge in [-0.25, -0.2) is 4.57 Å². The summed E-state index contributed by atoms with van der Waals surface area (Å²) >= 11 is 0. The minimum absolute atomic E-state index is 0.0357. The first kappa shape index (κ1) is 61.8. The molecule has 0 amide bonds. The second-order valence-electron chi connectivity index (χ2n) is 16.9. The number of ether oxygens (including phenoxy) is 2. The third-order valence-electron chi connectivity index (χ3n) is 10.9. The van der Waals surface area contributed by atoms with Crippen molar-refractivity contribution in [2.24, 2.45) is 0 Å². The van der Waals surface area contributed by atoms with Gasteiger partial charge in [0.15, 0.2) is 6.10 Å². The number of unbranched alkanes of at least 4 members (excludes halogenated alkanes) is 12. The maximum Gasteiger partial charge on any atom is 0.472 e. The first-order chi connectivity index (χ1) is 32.4. The van der Waals surface area contributed by atoms with E-state index in [4.69, 9.17) is 18.5 Å². The molecule has 0 radical (unpaired) electrons. The van der Waals surface area contributed by atoms with E-state index in [0.717, 1.165) is 70.6 Å². The second-order valence-corrected chi connectivity index (χ2v) is 18.3. The molecule has 0 aromatic rings. The van der Waals surface area contributed by atoms with Gasteiger partial charge in [-0.3, -0.25) is 18.6 Å².